The Morgan fingerprint density at radius 2 is 0.400 bits per heavy atom. The first-order valence-electron chi connectivity index (χ1n) is 51.0. The second kappa shape index (κ2) is 36.0. The third-order valence-electron chi connectivity index (χ3n) is 30.0. The molecule has 0 aliphatic carbocycles. The van der Waals surface area contributed by atoms with E-state index < -0.39 is 0 Å². The average Bonchev–Trinajstić information content (AvgIpc) is 1.57. The molecule has 31 rings (SSSR count). The van der Waals surface area contributed by atoms with Gasteiger partial charge >= 0.3 is 0 Å². The molecule has 9 heterocycles. The van der Waals surface area contributed by atoms with Crippen LogP contribution in [0.15, 0.2) is 547 Å². The minimum absolute atomic E-state index is 0.855. The summed E-state index contributed by atoms with van der Waals surface area (Å²) in [6.07, 6.45) is 0. The third kappa shape index (κ3) is 14.8. The lowest BCUT2D eigenvalue weighted by Gasteiger charge is -2.12. The van der Waals surface area contributed by atoms with E-state index in [-0.39, 0.29) is 0 Å². The molecule has 9 nitrogen and oxygen atoms in total. The largest absolute Gasteiger partial charge is 0.456 e. The molecule has 700 valence electrons. The highest BCUT2D eigenvalue weighted by Crippen LogP contribution is 2.50. The predicted molar refractivity (Wildman–Crippen MR) is 624 cm³/mol. The highest BCUT2D eigenvalue weighted by molar-refractivity contribution is 6.22. The van der Waals surface area contributed by atoms with Crippen LogP contribution in [0.3, 0.4) is 0 Å². The molecular formula is C141H88N6O3. The van der Waals surface area contributed by atoms with Gasteiger partial charge in [0.15, 0.2) is 0 Å². The van der Waals surface area contributed by atoms with E-state index in [0.29, 0.717) is 0 Å². The zero-order valence-corrected chi connectivity index (χ0v) is 81.2. The van der Waals surface area contributed by atoms with Crippen LogP contribution in [0.5, 0.6) is 0 Å². The molecule has 0 saturated heterocycles. The lowest BCUT2D eigenvalue weighted by atomic mass is 9.94. The van der Waals surface area contributed by atoms with Gasteiger partial charge in [-0.2, -0.15) is 0 Å². The average molecular weight is 1910 g/mol. The Balaban J connectivity index is 0.000000106. The molecule has 0 bridgehead atoms. The monoisotopic (exact) mass is 1910 g/mol. The van der Waals surface area contributed by atoms with Crippen LogP contribution in [0.4, 0.5) is 0 Å². The van der Waals surface area contributed by atoms with Crippen molar-refractivity contribution < 1.29 is 13.3 Å². The molecule has 9 heteroatoms. The topological polar surface area (TPSA) is 92.9 Å². The maximum atomic E-state index is 6.73. The fourth-order valence-corrected chi connectivity index (χ4v) is 23.1. The van der Waals surface area contributed by atoms with E-state index >= 15 is 0 Å². The van der Waals surface area contributed by atoms with Gasteiger partial charge in [-0.25, -0.2) is 15.0 Å². The summed E-state index contributed by atoms with van der Waals surface area (Å²) < 4.78 is 27.2. The Bertz CT molecular complexity index is 10700. The molecule has 0 amide bonds. The lowest BCUT2D eigenvalue weighted by molar-refractivity contribution is 0.668. The Hall–Kier alpha value is -20.1. The molecular weight excluding hydrogens is 1830 g/mol. The van der Waals surface area contributed by atoms with Crippen LogP contribution in [-0.2, 0) is 0 Å². The van der Waals surface area contributed by atoms with Gasteiger partial charge in [0.1, 0.15) is 33.5 Å². The predicted octanol–water partition coefficient (Wildman–Crippen LogP) is 38.4. The SMILES string of the molecule is c1ccc(-c2cc(-c3cccc4oc5cc(-n6c7ccccc7c7c(-c8ccccc8)cccc76)ccc5c34)c3ccccc3n2)cc1.c1ccc(-c2ccc3c(c2)c2cc(-c4ccccc4)ccc2n3-c2ccc3c(c2)oc2cccc(-c4cc(-c5ccccc5)nc5ccccc45)c23)cc1.c1ccc(-c2ccc3c(c2)c2ccccc2n3-c2ccc3c(c2)oc2cccc(-c4cc(-c5ccccc5)nc5ccccc45)c23)cc1. The number of rotatable bonds is 13. The van der Waals surface area contributed by atoms with E-state index in [1.54, 1.807) is 0 Å². The number of fused-ring (bicyclic) bond motifs is 21. The highest BCUT2D eigenvalue weighted by atomic mass is 16.3. The Morgan fingerprint density at radius 3 is 0.760 bits per heavy atom. The first-order chi connectivity index (χ1) is 74.4. The van der Waals surface area contributed by atoms with Gasteiger partial charge in [-0.05, 0) is 223 Å². The first-order valence-corrected chi connectivity index (χ1v) is 51.0. The van der Waals surface area contributed by atoms with E-state index in [2.05, 4.69) is 529 Å². The molecule has 31 aromatic rings. The summed E-state index contributed by atoms with van der Waals surface area (Å²) in [6.45, 7) is 0. The Morgan fingerprint density at radius 1 is 0.133 bits per heavy atom. The van der Waals surface area contributed by atoms with E-state index in [1.165, 1.54) is 98.9 Å². The lowest BCUT2D eigenvalue weighted by Crippen LogP contribution is -1.93. The zero-order chi connectivity index (χ0) is 98.8. The van der Waals surface area contributed by atoms with Crippen LogP contribution >= 0.6 is 0 Å². The van der Waals surface area contributed by atoms with E-state index in [9.17, 15) is 0 Å². The molecule has 0 aliphatic rings. The molecule has 0 aliphatic heterocycles. The molecule has 0 fully saturated rings. The Kier molecular flexibility index (Phi) is 20.8. The van der Waals surface area contributed by atoms with E-state index in [1.807, 2.05) is 18.2 Å². The van der Waals surface area contributed by atoms with Crippen molar-refractivity contribution in [1.82, 2.24) is 28.7 Å². The van der Waals surface area contributed by atoms with Crippen molar-refractivity contribution in [2.75, 3.05) is 0 Å². The summed E-state index contributed by atoms with van der Waals surface area (Å²) >= 11 is 0. The van der Waals surface area contributed by atoms with E-state index in [0.717, 1.165) is 194 Å². The number of nitrogens with zero attached hydrogens (tertiary/aromatic N) is 6. The van der Waals surface area contributed by atoms with Gasteiger partial charge < -0.3 is 27.0 Å². The highest BCUT2D eigenvalue weighted by Gasteiger charge is 2.27. The minimum atomic E-state index is 0.855. The van der Waals surface area contributed by atoms with Crippen molar-refractivity contribution in [3.63, 3.8) is 0 Å². The van der Waals surface area contributed by atoms with Crippen LogP contribution in [0.25, 0.3) is 293 Å². The number of furan rings is 3. The number of aromatic nitrogens is 6. The van der Waals surface area contributed by atoms with Crippen molar-refractivity contribution in [2.24, 2.45) is 0 Å². The van der Waals surface area contributed by atoms with Crippen molar-refractivity contribution in [2.45, 2.75) is 0 Å². The van der Waals surface area contributed by atoms with Crippen molar-refractivity contribution in [1.29, 1.82) is 0 Å². The fourth-order valence-electron chi connectivity index (χ4n) is 23.1. The third-order valence-corrected chi connectivity index (χ3v) is 30.0. The maximum Gasteiger partial charge on any atom is 0.137 e. The van der Waals surface area contributed by atoms with Gasteiger partial charge in [-0.15, -0.1) is 0 Å². The summed E-state index contributed by atoms with van der Waals surface area (Å²) in [5, 5.41) is 17.4. The molecule has 22 aromatic carbocycles. The molecule has 0 saturated carbocycles. The smallest absolute Gasteiger partial charge is 0.137 e. The van der Waals surface area contributed by atoms with Gasteiger partial charge in [0.2, 0.25) is 0 Å². The second-order valence-corrected chi connectivity index (χ2v) is 38.6. The Labute approximate surface area is 862 Å². The molecule has 0 spiro atoms. The summed E-state index contributed by atoms with van der Waals surface area (Å²) in [6, 6.07) is 189. The van der Waals surface area contributed by atoms with Crippen LogP contribution in [0.2, 0.25) is 0 Å². The minimum Gasteiger partial charge on any atom is -0.456 e. The first kappa shape index (κ1) is 86.5. The number of hydrogen-bond acceptors (Lipinski definition) is 6. The van der Waals surface area contributed by atoms with Gasteiger partial charge in [0.05, 0.1) is 66.7 Å². The van der Waals surface area contributed by atoms with Crippen molar-refractivity contribution in [3.05, 3.63) is 534 Å². The van der Waals surface area contributed by atoms with Gasteiger partial charge in [-0.1, -0.05) is 370 Å². The quantitative estimate of drug-likeness (QED) is 0.114. The normalized spacial score (nSPS) is 11.7. The molecule has 9 aromatic heterocycles. The van der Waals surface area contributed by atoms with Gasteiger partial charge in [0.25, 0.3) is 0 Å². The maximum absolute atomic E-state index is 6.73. The van der Waals surface area contributed by atoms with Crippen LogP contribution in [0.1, 0.15) is 0 Å². The number of pyridine rings is 3. The molecule has 0 atom stereocenters. The number of benzene rings is 22. The van der Waals surface area contributed by atoms with Crippen LogP contribution < -0.4 is 0 Å². The summed E-state index contributed by atoms with van der Waals surface area (Å²) in [7, 11) is 0. The molecule has 0 unspecified atom stereocenters. The summed E-state index contributed by atoms with van der Waals surface area (Å²) in [5.74, 6) is 0. The summed E-state index contributed by atoms with van der Waals surface area (Å²) in [4.78, 5) is 15.2. The fraction of sp³-hybridized carbons (Fsp3) is 0. The number of hydrogen-bond donors (Lipinski definition) is 0. The van der Waals surface area contributed by atoms with Gasteiger partial charge in [-0.3, -0.25) is 0 Å². The van der Waals surface area contributed by atoms with E-state index in [4.69, 9.17) is 28.2 Å². The molecule has 0 N–H and O–H groups in total. The molecule has 0 radical (unpaired) electrons. The van der Waals surface area contributed by atoms with Crippen LogP contribution in [-0.4, -0.2) is 28.7 Å². The second-order valence-electron chi connectivity index (χ2n) is 38.6. The summed E-state index contributed by atoms with van der Waals surface area (Å²) in [5.41, 5.74) is 41.0. The standard InChI is InChI=1S/C51H32N2O.2C45H28N2O/c1-4-13-33(14-5-1)36-23-27-47-43(29-36)44-30-37(34-15-6-2-7-16-34)24-28-48(44)53(47)38-25-26-41-50(31-38)54-49-22-12-20-40(51(41)49)42-32-46(35-17-8-3-9-18-35)52-45-21-11-10-19-39(42)45;1-3-13-29(14-4-1)32-19-11-23-41-44(32)35-18-8-10-22-40(35)47(41)31-25-26-36-43(27-31)48-42-24-12-20-34(45(36)42)37-28-39(30-15-5-2-6-16-30)46-38-21-9-7-17-33(37)38;1-3-12-29(13-4-1)31-22-25-42-38(26-31)34-17-8-10-20-41(34)47(42)32-23-24-36-44(27-32)48-43-21-11-18-35(45(36)43)37-28-40(30-14-5-2-6-15-30)46-39-19-9-7-16-33(37)39/h1-32H;2*1-28H. The van der Waals surface area contributed by atoms with Crippen molar-refractivity contribution >= 4 is 164 Å². The number of para-hydroxylation sites is 5. The van der Waals surface area contributed by atoms with Crippen molar-refractivity contribution in [3.8, 4) is 129 Å². The zero-order valence-electron chi connectivity index (χ0n) is 81.2. The van der Waals surface area contributed by atoms with Crippen LogP contribution in [0, 0.1) is 0 Å². The molecule has 150 heavy (non-hydrogen) atoms. The van der Waals surface area contributed by atoms with Gasteiger partial charge in [0, 0.05) is 133 Å².